The third kappa shape index (κ3) is 4.03. The molecule has 122 valence electrons. The number of carbonyl (C=O) groups excluding carboxylic acids is 1. The van der Waals surface area contributed by atoms with Crippen molar-refractivity contribution in [3.8, 4) is 11.3 Å². The SMILES string of the molecule is Cc1ccccc1NC(=O)CCc1ncc(-c2ccc(Cl)cc2)o1. The Morgan fingerprint density at radius 2 is 1.92 bits per heavy atom. The maximum Gasteiger partial charge on any atom is 0.224 e. The van der Waals surface area contributed by atoms with E-state index < -0.39 is 0 Å². The number of anilines is 1. The molecule has 1 heterocycles. The summed E-state index contributed by atoms with van der Waals surface area (Å²) in [6.07, 6.45) is 2.43. The van der Waals surface area contributed by atoms with Crippen LogP contribution in [0.5, 0.6) is 0 Å². The molecular formula is C19H17ClN2O2. The molecule has 0 saturated heterocycles. The van der Waals surface area contributed by atoms with E-state index in [-0.39, 0.29) is 5.91 Å². The van der Waals surface area contributed by atoms with Crippen LogP contribution in [0.1, 0.15) is 17.9 Å². The zero-order valence-electron chi connectivity index (χ0n) is 13.3. The number of hydrogen-bond acceptors (Lipinski definition) is 3. The van der Waals surface area contributed by atoms with E-state index in [4.69, 9.17) is 16.0 Å². The van der Waals surface area contributed by atoms with E-state index in [9.17, 15) is 4.79 Å². The van der Waals surface area contributed by atoms with Crippen molar-refractivity contribution in [2.45, 2.75) is 19.8 Å². The van der Waals surface area contributed by atoms with Gasteiger partial charge in [-0.1, -0.05) is 29.8 Å². The third-order valence-electron chi connectivity index (χ3n) is 3.67. The Bertz CT molecular complexity index is 841. The fourth-order valence-corrected chi connectivity index (χ4v) is 2.45. The van der Waals surface area contributed by atoms with Crippen LogP contribution in [0.15, 0.2) is 59.1 Å². The van der Waals surface area contributed by atoms with Crippen LogP contribution in [0.2, 0.25) is 5.02 Å². The number of carbonyl (C=O) groups is 1. The fraction of sp³-hybridized carbons (Fsp3) is 0.158. The molecule has 4 nitrogen and oxygen atoms in total. The number of aromatic nitrogens is 1. The molecule has 3 rings (SSSR count). The molecule has 0 saturated carbocycles. The van der Waals surface area contributed by atoms with E-state index >= 15 is 0 Å². The first-order valence-electron chi connectivity index (χ1n) is 7.68. The predicted molar refractivity (Wildman–Crippen MR) is 95.1 cm³/mol. The summed E-state index contributed by atoms with van der Waals surface area (Å²) in [5.41, 5.74) is 2.77. The number of benzene rings is 2. The van der Waals surface area contributed by atoms with Gasteiger partial charge in [-0.15, -0.1) is 0 Å². The quantitative estimate of drug-likeness (QED) is 0.720. The Morgan fingerprint density at radius 3 is 2.67 bits per heavy atom. The van der Waals surface area contributed by atoms with Gasteiger partial charge >= 0.3 is 0 Å². The second-order valence-corrected chi connectivity index (χ2v) is 5.92. The van der Waals surface area contributed by atoms with Crippen molar-refractivity contribution in [3.05, 3.63) is 71.2 Å². The summed E-state index contributed by atoms with van der Waals surface area (Å²) in [6.45, 7) is 1.96. The van der Waals surface area contributed by atoms with Crippen molar-refractivity contribution in [2.24, 2.45) is 0 Å². The highest BCUT2D eigenvalue weighted by Gasteiger charge is 2.10. The number of hydrogen-bond donors (Lipinski definition) is 1. The van der Waals surface area contributed by atoms with Crippen molar-refractivity contribution < 1.29 is 9.21 Å². The molecule has 1 N–H and O–H groups in total. The Morgan fingerprint density at radius 1 is 1.17 bits per heavy atom. The Labute approximate surface area is 145 Å². The highest BCUT2D eigenvalue weighted by molar-refractivity contribution is 6.30. The highest BCUT2D eigenvalue weighted by Crippen LogP contribution is 2.23. The van der Waals surface area contributed by atoms with Gasteiger partial charge in [0, 0.05) is 29.1 Å². The van der Waals surface area contributed by atoms with Crippen molar-refractivity contribution in [3.63, 3.8) is 0 Å². The van der Waals surface area contributed by atoms with Gasteiger partial charge in [0.25, 0.3) is 0 Å². The summed E-state index contributed by atoms with van der Waals surface area (Å²) in [5.74, 6) is 1.15. The van der Waals surface area contributed by atoms with E-state index in [1.807, 2.05) is 43.3 Å². The molecule has 0 bridgehead atoms. The average molecular weight is 341 g/mol. The average Bonchev–Trinajstić information content (AvgIpc) is 3.05. The first-order chi connectivity index (χ1) is 11.6. The maximum absolute atomic E-state index is 12.1. The smallest absolute Gasteiger partial charge is 0.224 e. The van der Waals surface area contributed by atoms with Crippen LogP contribution < -0.4 is 5.32 Å². The van der Waals surface area contributed by atoms with Crippen molar-refractivity contribution in [1.29, 1.82) is 0 Å². The van der Waals surface area contributed by atoms with Gasteiger partial charge in [-0.3, -0.25) is 4.79 Å². The minimum absolute atomic E-state index is 0.0597. The van der Waals surface area contributed by atoms with Crippen LogP contribution in [-0.4, -0.2) is 10.9 Å². The van der Waals surface area contributed by atoms with Gasteiger partial charge in [-0.2, -0.15) is 0 Å². The molecule has 2 aromatic carbocycles. The molecule has 0 atom stereocenters. The minimum Gasteiger partial charge on any atom is -0.441 e. The van der Waals surface area contributed by atoms with Crippen LogP contribution in [0, 0.1) is 6.92 Å². The maximum atomic E-state index is 12.1. The van der Waals surface area contributed by atoms with Crippen molar-refractivity contribution in [2.75, 3.05) is 5.32 Å². The van der Waals surface area contributed by atoms with Gasteiger partial charge in [0.2, 0.25) is 5.91 Å². The summed E-state index contributed by atoms with van der Waals surface area (Å²) >= 11 is 5.88. The molecule has 0 spiro atoms. The van der Waals surface area contributed by atoms with Crippen molar-refractivity contribution >= 4 is 23.2 Å². The lowest BCUT2D eigenvalue weighted by Gasteiger charge is -2.07. The van der Waals surface area contributed by atoms with Gasteiger partial charge in [0.15, 0.2) is 11.7 Å². The van der Waals surface area contributed by atoms with Gasteiger partial charge < -0.3 is 9.73 Å². The Balaban J connectivity index is 1.58. The normalized spacial score (nSPS) is 10.6. The molecule has 5 heteroatoms. The summed E-state index contributed by atoms with van der Waals surface area (Å²) in [6, 6.07) is 15.0. The van der Waals surface area contributed by atoms with E-state index in [0.29, 0.717) is 29.5 Å². The van der Waals surface area contributed by atoms with E-state index in [0.717, 1.165) is 16.8 Å². The summed E-state index contributed by atoms with van der Waals surface area (Å²) in [4.78, 5) is 16.3. The van der Waals surface area contributed by atoms with Gasteiger partial charge in [-0.05, 0) is 42.8 Å². The number of nitrogens with zero attached hydrogens (tertiary/aromatic N) is 1. The zero-order valence-corrected chi connectivity index (χ0v) is 14.0. The molecule has 0 fully saturated rings. The molecule has 1 aromatic heterocycles. The number of oxazole rings is 1. The van der Waals surface area contributed by atoms with Crippen LogP contribution in [-0.2, 0) is 11.2 Å². The lowest BCUT2D eigenvalue weighted by Crippen LogP contribution is -2.13. The zero-order chi connectivity index (χ0) is 16.9. The second kappa shape index (κ2) is 7.32. The highest BCUT2D eigenvalue weighted by atomic mass is 35.5. The van der Waals surface area contributed by atoms with Crippen LogP contribution in [0.3, 0.4) is 0 Å². The molecule has 1 amide bonds. The number of aryl methyl sites for hydroxylation is 2. The van der Waals surface area contributed by atoms with Crippen LogP contribution >= 0.6 is 11.6 Å². The van der Waals surface area contributed by atoms with E-state index in [1.165, 1.54) is 0 Å². The molecule has 0 unspecified atom stereocenters. The molecule has 0 radical (unpaired) electrons. The van der Waals surface area contributed by atoms with Crippen LogP contribution in [0.4, 0.5) is 5.69 Å². The minimum atomic E-state index is -0.0597. The lowest BCUT2D eigenvalue weighted by atomic mass is 10.2. The number of halogens is 1. The molecule has 0 aliphatic heterocycles. The monoisotopic (exact) mass is 340 g/mol. The van der Waals surface area contributed by atoms with Gasteiger partial charge in [0.05, 0.1) is 6.20 Å². The first-order valence-corrected chi connectivity index (χ1v) is 8.06. The molecule has 24 heavy (non-hydrogen) atoms. The first kappa shape index (κ1) is 16.3. The van der Waals surface area contributed by atoms with E-state index in [2.05, 4.69) is 10.3 Å². The number of rotatable bonds is 5. The number of amides is 1. The molecule has 3 aromatic rings. The second-order valence-electron chi connectivity index (χ2n) is 5.49. The topological polar surface area (TPSA) is 55.1 Å². The van der Waals surface area contributed by atoms with Gasteiger partial charge in [0.1, 0.15) is 0 Å². The summed E-state index contributed by atoms with van der Waals surface area (Å²) in [5, 5.41) is 3.57. The predicted octanol–water partition coefficient (Wildman–Crippen LogP) is 4.87. The molecule has 0 aliphatic rings. The molecular weight excluding hydrogens is 324 g/mol. The third-order valence-corrected chi connectivity index (χ3v) is 3.92. The fourth-order valence-electron chi connectivity index (χ4n) is 2.32. The Kier molecular flexibility index (Phi) is 4.96. The summed E-state index contributed by atoms with van der Waals surface area (Å²) < 4.78 is 5.70. The van der Waals surface area contributed by atoms with E-state index in [1.54, 1.807) is 18.3 Å². The Hall–Kier alpha value is -2.59. The molecule has 0 aliphatic carbocycles. The van der Waals surface area contributed by atoms with Crippen molar-refractivity contribution in [1.82, 2.24) is 4.98 Å². The summed E-state index contributed by atoms with van der Waals surface area (Å²) in [7, 11) is 0. The lowest BCUT2D eigenvalue weighted by molar-refractivity contribution is -0.116. The largest absolute Gasteiger partial charge is 0.441 e. The van der Waals surface area contributed by atoms with Gasteiger partial charge in [-0.25, -0.2) is 4.98 Å². The standard InChI is InChI=1S/C19H17ClN2O2/c1-13-4-2-3-5-16(13)22-18(23)10-11-19-21-12-17(24-19)14-6-8-15(20)9-7-14/h2-9,12H,10-11H2,1H3,(H,22,23). The number of nitrogens with one attached hydrogen (secondary N) is 1. The number of para-hydroxylation sites is 1. The van der Waals surface area contributed by atoms with Crippen LogP contribution in [0.25, 0.3) is 11.3 Å².